The number of methoxy groups -OCH3 is 1. The molecule has 1 aromatic carbocycles. The molecule has 6 nitrogen and oxygen atoms in total. The Bertz CT molecular complexity index is 882. The molecule has 4 rings (SSSR count). The van der Waals surface area contributed by atoms with E-state index in [-0.39, 0.29) is 11.9 Å². The number of nitrogens with one attached hydrogen (secondary N) is 3. The van der Waals surface area contributed by atoms with Gasteiger partial charge in [0.25, 0.3) is 5.91 Å². The van der Waals surface area contributed by atoms with Crippen molar-refractivity contribution in [3.05, 3.63) is 35.2 Å². The fourth-order valence-corrected chi connectivity index (χ4v) is 3.86. The highest BCUT2D eigenvalue weighted by Crippen LogP contribution is 2.31. The SMILES string of the molecule is COc1ccc(C(=O)N[C@H]2CCCNC2)c2nc(-c3cccs3)[nH]c12. The number of rotatable bonds is 4. The van der Waals surface area contributed by atoms with Crippen LogP contribution in [0.1, 0.15) is 23.2 Å². The van der Waals surface area contributed by atoms with Gasteiger partial charge in [0.1, 0.15) is 22.6 Å². The van der Waals surface area contributed by atoms with Crippen LogP contribution in [0.4, 0.5) is 0 Å². The summed E-state index contributed by atoms with van der Waals surface area (Å²) in [7, 11) is 1.62. The number of piperidine rings is 1. The van der Waals surface area contributed by atoms with Gasteiger partial charge in [-0.15, -0.1) is 11.3 Å². The molecule has 0 bridgehead atoms. The summed E-state index contributed by atoms with van der Waals surface area (Å²) >= 11 is 1.60. The van der Waals surface area contributed by atoms with Crippen molar-refractivity contribution < 1.29 is 9.53 Å². The predicted octanol–water partition coefficient (Wildman–Crippen LogP) is 2.78. The van der Waals surface area contributed by atoms with Gasteiger partial charge in [-0.25, -0.2) is 4.98 Å². The number of aromatic nitrogens is 2. The van der Waals surface area contributed by atoms with Gasteiger partial charge in [-0.3, -0.25) is 4.79 Å². The van der Waals surface area contributed by atoms with E-state index < -0.39 is 0 Å². The van der Waals surface area contributed by atoms with Gasteiger partial charge >= 0.3 is 0 Å². The maximum absolute atomic E-state index is 12.8. The molecule has 3 aromatic rings. The van der Waals surface area contributed by atoms with E-state index in [9.17, 15) is 4.79 Å². The highest BCUT2D eigenvalue weighted by atomic mass is 32.1. The van der Waals surface area contributed by atoms with Crippen LogP contribution in [0.15, 0.2) is 29.6 Å². The van der Waals surface area contributed by atoms with Crippen LogP contribution < -0.4 is 15.4 Å². The van der Waals surface area contributed by atoms with Crippen molar-refractivity contribution in [3.8, 4) is 16.5 Å². The molecule has 0 spiro atoms. The van der Waals surface area contributed by atoms with Crippen LogP contribution in [0, 0.1) is 0 Å². The third-order valence-electron chi connectivity index (χ3n) is 4.46. The van der Waals surface area contributed by atoms with E-state index in [1.54, 1.807) is 24.5 Å². The normalized spacial score (nSPS) is 17.6. The Morgan fingerprint density at radius 1 is 1.40 bits per heavy atom. The van der Waals surface area contributed by atoms with Crippen LogP contribution in [0.2, 0.25) is 0 Å². The maximum Gasteiger partial charge on any atom is 0.253 e. The summed E-state index contributed by atoms with van der Waals surface area (Å²) < 4.78 is 5.43. The van der Waals surface area contributed by atoms with Crippen molar-refractivity contribution in [3.63, 3.8) is 0 Å². The van der Waals surface area contributed by atoms with Crippen molar-refractivity contribution in [1.82, 2.24) is 20.6 Å². The van der Waals surface area contributed by atoms with Crippen LogP contribution in [0.25, 0.3) is 21.7 Å². The molecule has 2 aromatic heterocycles. The highest BCUT2D eigenvalue weighted by molar-refractivity contribution is 7.13. The number of thiophene rings is 1. The molecule has 1 aliphatic rings. The third-order valence-corrected chi connectivity index (χ3v) is 5.33. The molecule has 7 heteroatoms. The third kappa shape index (κ3) is 3.12. The lowest BCUT2D eigenvalue weighted by Gasteiger charge is -2.23. The summed E-state index contributed by atoms with van der Waals surface area (Å²) in [6.07, 6.45) is 2.08. The van der Waals surface area contributed by atoms with Gasteiger partial charge < -0.3 is 20.4 Å². The van der Waals surface area contributed by atoms with Gasteiger partial charge in [-0.2, -0.15) is 0 Å². The van der Waals surface area contributed by atoms with Crippen molar-refractivity contribution in [2.45, 2.75) is 18.9 Å². The Balaban J connectivity index is 1.71. The zero-order valence-corrected chi connectivity index (χ0v) is 14.8. The number of benzene rings is 1. The number of aromatic amines is 1. The van der Waals surface area contributed by atoms with E-state index in [0.29, 0.717) is 16.8 Å². The van der Waals surface area contributed by atoms with E-state index in [1.165, 1.54) is 0 Å². The van der Waals surface area contributed by atoms with E-state index in [4.69, 9.17) is 4.74 Å². The monoisotopic (exact) mass is 356 g/mol. The first-order valence-corrected chi connectivity index (χ1v) is 9.26. The Morgan fingerprint density at radius 2 is 2.32 bits per heavy atom. The Kier molecular flexibility index (Phi) is 4.42. The molecule has 0 radical (unpaired) electrons. The lowest BCUT2D eigenvalue weighted by molar-refractivity contribution is 0.0932. The van der Waals surface area contributed by atoms with E-state index in [1.807, 2.05) is 23.6 Å². The van der Waals surface area contributed by atoms with Crippen LogP contribution >= 0.6 is 11.3 Å². The number of amides is 1. The fourth-order valence-electron chi connectivity index (χ4n) is 3.19. The first-order chi connectivity index (χ1) is 12.3. The van der Waals surface area contributed by atoms with E-state index >= 15 is 0 Å². The van der Waals surface area contributed by atoms with Crippen molar-refractivity contribution >= 4 is 28.3 Å². The number of nitrogens with zero attached hydrogens (tertiary/aromatic N) is 1. The van der Waals surface area contributed by atoms with Crippen LogP contribution in [-0.4, -0.2) is 42.1 Å². The molecule has 1 saturated heterocycles. The average Bonchev–Trinajstić information content (AvgIpc) is 3.31. The number of hydrogen-bond donors (Lipinski definition) is 3. The number of imidazole rings is 1. The zero-order chi connectivity index (χ0) is 17.2. The predicted molar refractivity (Wildman–Crippen MR) is 99.3 cm³/mol. The number of hydrogen-bond acceptors (Lipinski definition) is 5. The molecular formula is C18H20N4O2S. The average molecular weight is 356 g/mol. The molecule has 0 saturated carbocycles. The molecule has 1 amide bonds. The smallest absolute Gasteiger partial charge is 0.253 e. The molecule has 25 heavy (non-hydrogen) atoms. The molecular weight excluding hydrogens is 336 g/mol. The van der Waals surface area contributed by atoms with Crippen molar-refractivity contribution in [2.24, 2.45) is 0 Å². The molecule has 1 fully saturated rings. The number of ether oxygens (including phenoxy) is 1. The lowest BCUT2D eigenvalue weighted by Crippen LogP contribution is -2.45. The molecule has 1 atom stereocenters. The molecule has 0 unspecified atom stereocenters. The first kappa shape index (κ1) is 16.1. The number of H-pyrrole nitrogens is 1. The minimum absolute atomic E-state index is 0.0921. The Labute approximate surface area is 149 Å². The highest BCUT2D eigenvalue weighted by Gasteiger charge is 2.21. The maximum atomic E-state index is 12.8. The molecule has 3 heterocycles. The van der Waals surface area contributed by atoms with E-state index in [2.05, 4.69) is 20.6 Å². The topological polar surface area (TPSA) is 79.0 Å². The molecule has 3 N–H and O–H groups in total. The van der Waals surface area contributed by atoms with E-state index in [0.717, 1.165) is 42.1 Å². The Morgan fingerprint density at radius 3 is 3.04 bits per heavy atom. The summed E-state index contributed by atoms with van der Waals surface area (Å²) in [6.45, 7) is 1.83. The van der Waals surface area contributed by atoms with Crippen LogP contribution in [-0.2, 0) is 0 Å². The number of carbonyl (C=O) groups excluding carboxylic acids is 1. The second-order valence-electron chi connectivity index (χ2n) is 6.12. The van der Waals surface area contributed by atoms with Gasteiger partial charge in [-0.05, 0) is 43.0 Å². The fraction of sp³-hybridized carbons (Fsp3) is 0.333. The van der Waals surface area contributed by atoms with Crippen LogP contribution in [0.5, 0.6) is 5.75 Å². The van der Waals surface area contributed by atoms with Crippen molar-refractivity contribution in [1.29, 1.82) is 0 Å². The number of fused-ring (bicyclic) bond motifs is 1. The summed E-state index contributed by atoms with van der Waals surface area (Å²) in [5, 5.41) is 8.43. The van der Waals surface area contributed by atoms with Gasteiger partial charge in [0.2, 0.25) is 0 Å². The summed E-state index contributed by atoms with van der Waals surface area (Å²) in [5.41, 5.74) is 1.96. The minimum Gasteiger partial charge on any atom is -0.494 e. The molecule has 1 aliphatic heterocycles. The zero-order valence-electron chi connectivity index (χ0n) is 14.0. The van der Waals surface area contributed by atoms with Crippen molar-refractivity contribution in [2.75, 3.05) is 20.2 Å². The van der Waals surface area contributed by atoms with Gasteiger partial charge in [-0.1, -0.05) is 6.07 Å². The van der Waals surface area contributed by atoms with Gasteiger partial charge in [0.15, 0.2) is 0 Å². The second kappa shape index (κ2) is 6.85. The first-order valence-electron chi connectivity index (χ1n) is 8.38. The molecule has 0 aliphatic carbocycles. The largest absolute Gasteiger partial charge is 0.494 e. The lowest BCUT2D eigenvalue weighted by atomic mass is 10.1. The molecule has 130 valence electrons. The quantitative estimate of drug-likeness (QED) is 0.672. The summed E-state index contributed by atoms with van der Waals surface area (Å²) in [6, 6.07) is 7.74. The van der Waals surface area contributed by atoms with Gasteiger partial charge in [0, 0.05) is 12.6 Å². The second-order valence-corrected chi connectivity index (χ2v) is 7.07. The number of carbonyl (C=O) groups is 1. The van der Waals surface area contributed by atoms with Gasteiger partial charge in [0.05, 0.1) is 17.6 Å². The summed E-state index contributed by atoms with van der Waals surface area (Å²) in [4.78, 5) is 21.8. The minimum atomic E-state index is -0.0921. The standard InChI is InChI=1S/C18H20N4O2S/c1-24-13-7-6-12(18(23)20-11-4-2-8-19-10-11)15-16(13)22-17(21-15)14-5-3-9-25-14/h3,5-7,9,11,19H,2,4,8,10H2,1H3,(H,20,23)(H,21,22)/t11-/m0/s1. The summed E-state index contributed by atoms with van der Waals surface area (Å²) in [5.74, 6) is 1.34. The Hall–Kier alpha value is -2.38. The van der Waals surface area contributed by atoms with Crippen LogP contribution in [0.3, 0.4) is 0 Å².